The average molecular weight is 318 g/mol. The number of amides is 1. The molecule has 1 heterocycles. The molecule has 1 amide bonds. The SMILES string of the molecule is COc1ccc([C@@H](CNC(=O)c2sccc2C)N(C)C)cc1. The third-order valence-electron chi connectivity index (χ3n) is 3.65. The Morgan fingerprint density at radius 2 is 1.95 bits per heavy atom. The van der Waals surface area contributed by atoms with Gasteiger partial charge in [-0.05, 0) is 55.7 Å². The summed E-state index contributed by atoms with van der Waals surface area (Å²) in [4.78, 5) is 15.1. The monoisotopic (exact) mass is 318 g/mol. The molecule has 0 saturated heterocycles. The van der Waals surface area contributed by atoms with Gasteiger partial charge in [0.25, 0.3) is 5.91 Å². The highest BCUT2D eigenvalue weighted by atomic mass is 32.1. The van der Waals surface area contributed by atoms with E-state index in [4.69, 9.17) is 4.74 Å². The first-order chi connectivity index (χ1) is 10.5. The molecule has 0 fully saturated rings. The van der Waals surface area contributed by atoms with Gasteiger partial charge in [-0.25, -0.2) is 0 Å². The Balaban J connectivity index is 2.05. The van der Waals surface area contributed by atoms with Gasteiger partial charge < -0.3 is 15.0 Å². The van der Waals surface area contributed by atoms with E-state index in [1.807, 2.05) is 56.7 Å². The van der Waals surface area contributed by atoms with E-state index in [9.17, 15) is 4.79 Å². The molecule has 22 heavy (non-hydrogen) atoms. The average Bonchev–Trinajstić information content (AvgIpc) is 2.94. The van der Waals surface area contributed by atoms with E-state index in [0.29, 0.717) is 6.54 Å². The van der Waals surface area contributed by atoms with Crippen LogP contribution in [-0.2, 0) is 0 Å². The molecule has 0 aliphatic carbocycles. The summed E-state index contributed by atoms with van der Waals surface area (Å²) in [6.07, 6.45) is 0. The number of carbonyl (C=O) groups is 1. The fourth-order valence-electron chi connectivity index (χ4n) is 2.30. The maximum Gasteiger partial charge on any atom is 0.261 e. The van der Waals surface area contributed by atoms with Crippen molar-refractivity contribution in [1.82, 2.24) is 10.2 Å². The summed E-state index contributed by atoms with van der Waals surface area (Å²) in [7, 11) is 5.68. The van der Waals surface area contributed by atoms with E-state index >= 15 is 0 Å². The van der Waals surface area contributed by atoms with Crippen molar-refractivity contribution in [2.45, 2.75) is 13.0 Å². The number of carbonyl (C=O) groups excluding carboxylic acids is 1. The Hall–Kier alpha value is -1.85. The second-order valence-corrected chi connectivity index (χ2v) is 6.31. The third-order valence-corrected chi connectivity index (χ3v) is 4.66. The van der Waals surface area contributed by atoms with Crippen molar-refractivity contribution in [3.8, 4) is 5.75 Å². The smallest absolute Gasteiger partial charge is 0.261 e. The lowest BCUT2D eigenvalue weighted by molar-refractivity contribution is 0.0945. The first-order valence-electron chi connectivity index (χ1n) is 7.15. The predicted octanol–water partition coefficient (Wildman–Crippen LogP) is 3.10. The molecule has 118 valence electrons. The lowest BCUT2D eigenvalue weighted by Crippen LogP contribution is -2.34. The van der Waals surface area contributed by atoms with E-state index in [1.54, 1.807) is 7.11 Å². The van der Waals surface area contributed by atoms with Crippen LogP contribution in [0.4, 0.5) is 0 Å². The zero-order valence-corrected chi connectivity index (χ0v) is 14.2. The number of methoxy groups -OCH3 is 1. The molecule has 0 unspecified atom stereocenters. The molecule has 0 aliphatic rings. The van der Waals surface area contributed by atoms with Crippen LogP contribution in [0.2, 0.25) is 0 Å². The number of hydrogen-bond acceptors (Lipinski definition) is 4. The van der Waals surface area contributed by atoms with Crippen LogP contribution >= 0.6 is 11.3 Å². The normalized spacial score (nSPS) is 12.2. The number of ether oxygens (including phenoxy) is 1. The van der Waals surface area contributed by atoms with Crippen molar-refractivity contribution < 1.29 is 9.53 Å². The van der Waals surface area contributed by atoms with E-state index < -0.39 is 0 Å². The predicted molar refractivity (Wildman–Crippen MR) is 90.8 cm³/mol. The number of nitrogens with zero attached hydrogens (tertiary/aromatic N) is 1. The first-order valence-corrected chi connectivity index (χ1v) is 8.03. The Labute approximate surface area is 135 Å². The molecule has 0 spiro atoms. The van der Waals surface area contributed by atoms with Crippen LogP contribution in [0.3, 0.4) is 0 Å². The molecule has 0 radical (unpaired) electrons. The zero-order chi connectivity index (χ0) is 16.1. The molecule has 2 rings (SSSR count). The summed E-state index contributed by atoms with van der Waals surface area (Å²) >= 11 is 1.48. The summed E-state index contributed by atoms with van der Waals surface area (Å²) in [5, 5.41) is 4.97. The molecule has 2 aromatic rings. The molecule has 1 aromatic carbocycles. The van der Waals surface area contributed by atoms with Crippen molar-refractivity contribution >= 4 is 17.2 Å². The minimum Gasteiger partial charge on any atom is -0.497 e. The largest absolute Gasteiger partial charge is 0.497 e. The van der Waals surface area contributed by atoms with Crippen LogP contribution in [0.25, 0.3) is 0 Å². The number of hydrogen-bond donors (Lipinski definition) is 1. The number of rotatable bonds is 6. The minimum absolute atomic E-state index is 0.00661. The molecular weight excluding hydrogens is 296 g/mol. The zero-order valence-electron chi connectivity index (χ0n) is 13.4. The topological polar surface area (TPSA) is 41.6 Å². The van der Waals surface area contributed by atoms with Crippen LogP contribution in [-0.4, -0.2) is 38.6 Å². The summed E-state index contributed by atoms with van der Waals surface area (Å²) in [5.74, 6) is 0.826. The van der Waals surface area contributed by atoms with Gasteiger partial charge in [0.05, 0.1) is 18.0 Å². The summed E-state index contributed by atoms with van der Waals surface area (Å²) in [6, 6.07) is 10.0. The van der Waals surface area contributed by atoms with Gasteiger partial charge >= 0.3 is 0 Å². The molecule has 4 nitrogen and oxygen atoms in total. The highest BCUT2D eigenvalue weighted by molar-refractivity contribution is 7.12. The molecule has 1 N–H and O–H groups in total. The second kappa shape index (κ2) is 7.42. The van der Waals surface area contributed by atoms with Gasteiger partial charge in [-0.15, -0.1) is 11.3 Å². The van der Waals surface area contributed by atoms with Crippen LogP contribution < -0.4 is 10.1 Å². The first kappa shape index (κ1) is 16.5. The van der Waals surface area contributed by atoms with E-state index in [-0.39, 0.29) is 11.9 Å². The number of aryl methyl sites for hydroxylation is 1. The number of thiophene rings is 1. The van der Waals surface area contributed by atoms with Gasteiger partial charge in [0, 0.05) is 6.54 Å². The molecule has 1 aromatic heterocycles. The lowest BCUT2D eigenvalue weighted by atomic mass is 10.1. The Bertz CT molecular complexity index is 620. The number of likely N-dealkylation sites (N-methyl/N-ethyl adjacent to an activating group) is 1. The molecule has 0 bridgehead atoms. The van der Waals surface area contributed by atoms with Crippen molar-refractivity contribution in [3.63, 3.8) is 0 Å². The number of benzene rings is 1. The van der Waals surface area contributed by atoms with Crippen molar-refractivity contribution in [1.29, 1.82) is 0 Å². The quantitative estimate of drug-likeness (QED) is 0.890. The van der Waals surface area contributed by atoms with Crippen LogP contribution in [0.1, 0.15) is 26.8 Å². The molecule has 0 aliphatic heterocycles. The highest BCUT2D eigenvalue weighted by Gasteiger charge is 2.17. The van der Waals surface area contributed by atoms with Crippen LogP contribution in [0, 0.1) is 6.92 Å². The standard InChI is InChI=1S/C17H22N2O2S/c1-12-9-10-22-16(12)17(20)18-11-15(19(2)3)13-5-7-14(21-4)8-6-13/h5-10,15H,11H2,1-4H3,(H,18,20)/t15-/m1/s1. The van der Waals surface area contributed by atoms with Crippen LogP contribution in [0.15, 0.2) is 35.7 Å². The third kappa shape index (κ3) is 3.87. The number of nitrogens with one attached hydrogen (secondary N) is 1. The molecule has 5 heteroatoms. The lowest BCUT2D eigenvalue weighted by Gasteiger charge is -2.25. The Morgan fingerprint density at radius 3 is 2.45 bits per heavy atom. The van der Waals surface area contributed by atoms with Crippen molar-refractivity contribution in [2.75, 3.05) is 27.7 Å². The van der Waals surface area contributed by atoms with Gasteiger partial charge in [0.15, 0.2) is 0 Å². The summed E-state index contributed by atoms with van der Waals surface area (Å²) < 4.78 is 5.19. The summed E-state index contributed by atoms with van der Waals surface area (Å²) in [6.45, 7) is 2.52. The fourth-order valence-corrected chi connectivity index (χ4v) is 3.14. The Kier molecular flexibility index (Phi) is 5.57. The molecule has 0 saturated carbocycles. The van der Waals surface area contributed by atoms with Gasteiger partial charge in [-0.3, -0.25) is 4.79 Å². The minimum atomic E-state index is -0.00661. The highest BCUT2D eigenvalue weighted by Crippen LogP contribution is 2.21. The maximum atomic E-state index is 12.2. The maximum absolute atomic E-state index is 12.2. The van der Waals surface area contributed by atoms with Crippen LogP contribution in [0.5, 0.6) is 5.75 Å². The van der Waals surface area contributed by atoms with Gasteiger partial charge in [0.1, 0.15) is 5.75 Å². The van der Waals surface area contributed by atoms with E-state index in [0.717, 1.165) is 21.8 Å². The van der Waals surface area contributed by atoms with Crippen molar-refractivity contribution in [3.05, 3.63) is 51.7 Å². The second-order valence-electron chi connectivity index (χ2n) is 5.40. The fraction of sp³-hybridized carbons (Fsp3) is 0.353. The molecule has 1 atom stereocenters. The Morgan fingerprint density at radius 1 is 1.27 bits per heavy atom. The van der Waals surface area contributed by atoms with Gasteiger partial charge in [-0.1, -0.05) is 12.1 Å². The molecular formula is C17H22N2O2S. The van der Waals surface area contributed by atoms with E-state index in [2.05, 4.69) is 10.2 Å². The van der Waals surface area contributed by atoms with Crippen molar-refractivity contribution in [2.24, 2.45) is 0 Å². The van der Waals surface area contributed by atoms with E-state index in [1.165, 1.54) is 11.3 Å². The summed E-state index contributed by atoms with van der Waals surface area (Å²) in [5.41, 5.74) is 2.17. The van der Waals surface area contributed by atoms with Gasteiger partial charge in [0.2, 0.25) is 0 Å². The van der Waals surface area contributed by atoms with Gasteiger partial charge in [-0.2, -0.15) is 0 Å².